The van der Waals surface area contributed by atoms with Crippen molar-refractivity contribution in [2.75, 3.05) is 13.2 Å². The third-order valence-electron chi connectivity index (χ3n) is 2.15. The minimum absolute atomic E-state index is 0.241. The molecule has 1 aliphatic heterocycles. The van der Waals surface area contributed by atoms with Crippen LogP contribution in [0.5, 0.6) is 0 Å². The van der Waals surface area contributed by atoms with Gasteiger partial charge in [-0.3, -0.25) is 9.59 Å². The molecule has 0 unspecified atom stereocenters. The lowest BCUT2D eigenvalue weighted by atomic mass is 10.2. The lowest BCUT2D eigenvalue weighted by molar-refractivity contribution is -0.152. The van der Waals surface area contributed by atoms with Gasteiger partial charge in [0.1, 0.15) is 0 Å². The molecule has 1 rings (SSSR count). The van der Waals surface area contributed by atoms with E-state index in [1.165, 1.54) is 6.92 Å². The van der Waals surface area contributed by atoms with Crippen molar-refractivity contribution in [3.05, 3.63) is 0 Å². The van der Waals surface area contributed by atoms with E-state index in [1.54, 1.807) is 0 Å². The summed E-state index contributed by atoms with van der Waals surface area (Å²) in [6.07, 6.45) is 0.775. The number of aliphatic hydroxyl groups excluding tert-OH is 1. The zero-order chi connectivity index (χ0) is 11.3. The van der Waals surface area contributed by atoms with Gasteiger partial charge in [0.2, 0.25) is 5.91 Å². The molecule has 0 spiro atoms. The van der Waals surface area contributed by atoms with Gasteiger partial charge >= 0.3 is 5.97 Å². The van der Waals surface area contributed by atoms with Crippen molar-refractivity contribution in [2.24, 2.45) is 0 Å². The first-order valence-electron chi connectivity index (χ1n) is 4.95. The zero-order valence-corrected chi connectivity index (χ0v) is 8.66. The number of nitrogens with one attached hydrogen (secondary N) is 2. The summed E-state index contributed by atoms with van der Waals surface area (Å²) < 4.78 is 4.68. The van der Waals surface area contributed by atoms with Gasteiger partial charge in [0.15, 0.2) is 6.23 Å². The summed E-state index contributed by atoms with van der Waals surface area (Å²) in [5.41, 5.74) is 0. The van der Waals surface area contributed by atoms with Crippen molar-refractivity contribution >= 4 is 11.9 Å². The maximum Gasteiger partial charge on any atom is 0.304 e. The second kappa shape index (κ2) is 5.67. The van der Waals surface area contributed by atoms with Crippen molar-refractivity contribution in [3.63, 3.8) is 0 Å². The maximum atomic E-state index is 11.5. The molecule has 0 bridgehead atoms. The summed E-state index contributed by atoms with van der Waals surface area (Å²) in [6, 6.07) is -0.241. The minimum atomic E-state index is -0.947. The summed E-state index contributed by atoms with van der Waals surface area (Å²) in [5.74, 6) is -0.776. The van der Waals surface area contributed by atoms with Crippen LogP contribution in [0.4, 0.5) is 0 Å². The van der Waals surface area contributed by atoms with Crippen LogP contribution < -0.4 is 10.6 Å². The molecular formula is C9H16N2O4. The molecule has 0 aliphatic carbocycles. The highest BCUT2D eigenvalue weighted by molar-refractivity contribution is 5.82. The molecule has 0 saturated carbocycles. The standard InChI is InChI=1S/C9H16N2O4/c1-6(13)15-8(5-12)11-9(14)7-3-2-4-10-7/h7-8,10,12H,2-5H2,1H3,(H,11,14)/t7-,8+/m0/s1. The van der Waals surface area contributed by atoms with Crippen LogP contribution in [0, 0.1) is 0 Å². The second-order valence-electron chi connectivity index (χ2n) is 3.44. The van der Waals surface area contributed by atoms with Crippen LogP contribution >= 0.6 is 0 Å². The van der Waals surface area contributed by atoms with Crippen molar-refractivity contribution in [3.8, 4) is 0 Å². The number of aliphatic hydroxyl groups is 1. The van der Waals surface area contributed by atoms with E-state index >= 15 is 0 Å². The fraction of sp³-hybridized carbons (Fsp3) is 0.778. The van der Waals surface area contributed by atoms with E-state index < -0.39 is 18.8 Å². The number of amides is 1. The Morgan fingerprint density at radius 1 is 1.67 bits per heavy atom. The van der Waals surface area contributed by atoms with Crippen LogP contribution in [-0.2, 0) is 14.3 Å². The van der Waals surface area contributed by atoms with Crippen LogP contribution in [-0.4, -0.2) is 42.4 Å². The third kappa shape index (κ3) is 3.85. The molecule has 0 radical (unpaired) electrons. The number of carbonyl (C=O) groups is 2. The van der Waals surface area contributed by atoms with Crippen molar-refractivity contribution < 1.29 is 19.4 Å². The predicted octanol–water partition coefficient (Wildman–Crippen LogP) is -1.26. The van der Waals surface area contributed by atoms with Crippen molar-refractivity contribution in [1.29, 1.82) is 0 Å². The van der Waals surface area contributed by atoms with Crippen molar-refractivity contribution in [2.45, 2.75) is 32.0 Å². The summed E-state index contributed by atoms with van der Waals surface area (Å²) in [4.78, 5) is 22.1. The quantitative estimate of drug-likeness (QED) is 0.403. The first-order chi connectivity index (χ1) is 7.13. The summed E-state index contributed by atoms with van der Waals surface area (Å²) in [5, 5.41) is 14.3. The first kappa shape index (κ1) is 11.9. The molecule has 15 heavy (non-hydrogen) atoms. The van der Waals surface area contributed by atoms with Crippen molar-refractivity contribution in [1.82, 2.24) is 10.6 Å². The Bertz CT molecular complexity index is 238. The van der Waals surface area contributed by atoms with Gasteiger partial charge in [-0.15, -0.1) is 0 Å². The van der Waals surface area contributed by atoms with Crippen LogP contribution in [0.2, 0.25) is 0 Å². The topological polar surface area (TPSA) is 87.7 Å². The fourth-order valence-electron chi connectivity index (χ4n) is 1.48. The Morgan fingerprint density at radius 3 is 2.87 bits per heavy atom. The Hall–Kier alpha value is -1.14. The van der Waals surface area contributed by atoms with Gasteiger partial charge in [0.25, 0.3) is 0 Å². The Kier molecular flexibility index (Phi) is 4.51. The monoisotopic (exact) mass is 216 g/mol. The fourth-order valence-corrected chi connectivity index (χ4v) is 1.48. The molecule has 6 nitrogen and oxygen atoms in total. The van der Waals surface area contributed by atoms with Crippen LogP contribution in [0.3, 0.4) is 0 Å². The van der Waals surface area contributed by atoms with E-state index in [0.717, 1.165) is 19.4 Å². The molecule has 6 heteroatoms. The predicted molar refractivity (Wildman–Crippen MR) is 51.8 cm³/mol. The second-order valence-corrected chi connectivity index (χ2v) is 3.44. The number of esters is 1. The molecule has 0 aromatic rings. The van der Waals surface area contributed by atoms with Gasteiger partial charge in [0, 0.05) is 6.92 Å². The normalized spacial score (nSPS) is 22.1. The lowest BCUT2D eigenvalue weighted by Gasteiger charge is -2.18. The van der Waals surface area contributed by atoms with E-state index in [0.29, 0.717) is 0 Å². The number of carbonyl (C=O) groups excluding carboxylic acids is 2. The molecule has 86 valence electrons. The molecule has 1 saturated heterocycles. The summed E-state index contributed by atoms with van der Waals surface area (Å²) in [7, 11) is 0. The molecular weight excluding hydrogens is 200 g/mol. The molecule has 1 amide bonds. The number of hydrogen-bond donors (Lipinski definition) is 3. The molecule has 3 N–H and O–H groups in total. The lowest BCUT2D eigenvalue weighted by Crippen LogP contribution is -2.48. The number of rotatable bonds is 4. The summed E-state index contributed by atoms with van der Waals surface area (Å²) >= 11 is 0. The number of hydrogen-bond acceptors (Lipinski definition) is 5. The number of ether oxygens (including phenoxy) is 1. The SMILES string of the molecule is CC(=O)O[C@H](CO)NC(=O)[C@@H]1CCCN1. The Balaban J connectivity index is 2.36. The highest BCUT2D eigenvalue weighted by atomic mass is 16.6. The average Bonchev–Trinajstić information content (AvgIpc) is 2.68. The first-order valence-corrected chi connectivity index (χ1v) is 4.95. The Morgan fingerprint density at radius 2 is 2.40 bits per heavy atom. The largest absolute Gasteiger partial charge is 0.439 e. The molecule has 2 atom stereocenters. The molecule has 1 fully saturated rings. The smallest absolute Gasteiger partial charge is 0.304 e. The van der Waals surface area contributed by atoms with Gasteiger partial charge in [0.05, 0.1) is 12.6 Å². The van der Waals surface area contributed by atoms with Gasteiger partial charge in [-0.05, 0) is 19.4 Å². The van der Waals surface area contributed by atoms with Crippen LogP contribution in [0.15, 0.2) is 0 Å². The van der Waals surface area contributed by atoms with E-state index in [2.05, 4.69) is 15.4 Å². The maximum absolute atomic E-state index is 11.5. The molecule has 0 aromatic carbocycles. The average molecular weight is 216 g/mol. The highest BCUT2D eigenvalue weighted by Crippen LogP contribution is 2.05. The van der Waals surface area contributed by atoms with E-state index in [1.807, 2.05) is 0 Å². The van der Waals surface area contributed by atoms with Gasteiger partial charge in [-0.2, -0.15) is 0 Å². The van der Waals surface area contributed by atoms with Gasteiger partial charge < -0.3 is 20.5 Å². The highest BCUT2D eigenvalue weighted by Gasteiger charge is 2.24. The van der Waals surface area contributed by atoms with E-state index in [9.17, 15) is 9.59 Å². The Labute approximate surface area is 88.0 Å². The van der Waals surface area contributed by atoms with E-state index in [-0.39, 0.29) is 11.9 Å². The molecule has 1 aliphatic rings. The van der Waals surface area contributed by atoms with Gasteiger partial charge in [-0.1, -0.05) is 0 Å². The van der Waals surface area contributed by atoms with Crippen LogP contribution in [0.25, 0.3) is 0 Å². The summed E-state index contributed by atoms with van der Waals surface area (Å²) in [6.45, 7) is 1.62. The minimum Gasteiger partial charge on any atom is -0.439 e. The van der Waals surface area contributed by atoms with Gasteiger partial charge in [-0.25, -0.2) is 0 Å². The third-order valence-corrected chi connectivity index (χ3v) is 2.15. The van der Waals surface area contributed by atoms with E-state index in [4.69, 9.17) is 5.11 Å². The molecule has 0 aromatic heterocycles. The molecule has 1 heterocycles. The van der Waals surface area contributed by atoms with Crippen LogP contribution in [0.1, 0.15) is 19.8 Å². The zero-order valence-electron chi connectivity index (χ0n) is 8.66.